The van der Waals surface area contributed by atoms with Crippen LogP contribution in [0.2, 0.25) is 0 Å². The van der Waals surface area contributed by atoms with E-state index in [2.05, 4.69) is 4.98 Å². The number of aromatic nitrogens is 1. The molecule has 1 aromatic carbocycles. The normalized spacial score (nSPS) is 19.3. The quantitative estimate of drug-likeness (QED) is 0.641. The molecule has 1 heterocycles. The number of esters is 1. The lowest BCUT2D eigenvalue weighted by atomic mass is 9.93. The number of ether oxygens (including phenoxy) is 1. The van der Waals surface area contributed by atoms with E-state index in [1.54, 1.807) is 13.1 Å². The molecule has 0 bridgehead atoms. The number of fused-ring (bicyclic) bond motifs is 3. The van der Waals surface area contributed by atoms with Crippen molar-refractivity contribution in [2.75, 3.05) is 6.61 Å². The van der Waals surface area contributed by atoms with Crippen LogP contribution in [0.25, 0.3) is 11.3 Å². The summed E-state index contributed by atoms with van der Waals surface area (Å²) in [6, 6.07) is 11.6. The standard InChI is InChI=1S/C16H14ClNO2/c1-2-20-14(19)10-16(17)12-7-4-3-6-11(12)15-13(16)8-5-9-18-15/h3-9H,2,10H2,1H3. The van der Waals surface area contributed by atoms with Crippen LogP contribution in [0.15, 0.2) is 42.6 Å². The highest BCUT2D eigenvalue weighted by molar-refractivity contribution is 6.29. The van der Waals surface area contributed by atoms with E-state index in [4.69, 9.17) is 16.3 Å². The van der Waals surface area contributed by atoms with Gasteiger partial charge in [-0.05, 0) is 18.6 Å². The maximum Gasteiger partial charge on any atom is 0.308 e. The van der Waals surface area contributed by atoms with Gasteiger partial charge in [-0.15, -0.1) is 11.6 Å². The van der Waals surface area contributed by atoms with Crippen LogP contribution in [0.1, 0.15) is 24.5 Å². The molecule has 4 heteroatoms. The summed E-state index contributed by atoms with van der Waals surface area (Å²) < 4.78 is 5.06. The molecular formula is C16H14ClNO2. The summed E-state index contributed by atoms with van der Waals surface area (Å²) in [5.74, 6) is -0.297. The third-order valence-electron chi connectivity index (χ3n) is 3.54. The Balaban J connectivity index is 2.13. The zero-order valence-electron chi connectivity index (χ0n) is 11.1. The average molecular weight is 288 g/mol. The summed E-state index contributed by atoms with van der Waals surface area (Å²) in [7, 11) is 0. The van der Waals surface area contributed by atoms with Crippen molar-refractivity contribution < 1.29 is 9.53 Å². The Morgan fingerprint density at radius 2 is 2.00 bits per heavy atom. The van der Waals surface area contributed by atoms with Gasteiger partial charge in [-0.3, -0.25) is 9.78 Å². The van der Waals surface area contributed by atoms with Gasteiger partial charge < -0.3 is 4.74 Å². The first-order valence-electron chi connectivity index (χ1n) is 6.56. The summed E-state index contributed by atoms with van der Waals surface area (Å²) in [6.07, 6.45) is 1.85. The summed E-state index contributed by atoms with van der Waals surface area (Å²) in [4.78, 5) is 15.4. The van der Waals surface area contributed by atoms with Crippen molar-refractivity contribution in [1.29, 1.82) is 0 Å². The van der Waals surface area contributed by atoms with Gasteiger partial charge in [0, 0.05) is 17.3 Å². The number of rotatable bonds is 3. The van der Waals surface area contributed by atoms with Gasteiger partial charge >= 0.3 is 5.97 Å². The second kappa shape index (κ2) is 4.91. The Bertz CT molecular complexity index is 624. The number of nitrogens with zero attached hydrogens (tertiary/aromatic N) is 1. The molecule has 0 saturated carbocycles. The van der Waals surface area contributed by atoms with Gasteiger partial charge in [-0.2, -0.15) is 0 Å². The SMILES string of the molecule is CCOC(=O)CC1(Cl)c2ccccc2-c2ncccc21. The molecular weight excluding hydrogens is 274 g/mol. The van der Waals surface area contributed by atoms with E-state index in [-0.39, 0.29) is 12.4 Å². The second-order valence-electron chi connectivity index (χ2n) is 4.73. The highest BCUT2D eigenvalue weighted by Crippen LogP contribution is 2.52. The predicted molar refractivity (Wildman–Crippen MR) is 77.6 cm³/mol. The number of halogens is 1. The van der Waals surface area contributed by atoms with Gasteiger partial charge in [0.1, 0.15) is 4.87 Å². The topological polar surface area (TPSA) is 39.2 Å². The minimum Gasteiger partial charge on any atom is -0.466 e. The summed E-state index contributed by atoms with van der Waals surface area (Å²) in [6.45, 7) is 2.14. The first-order valence-corrected chi connectivity index (χ1v) is 6.94. The van der Waals surface area contributed by atoms with E-state index < -0.39 is 4.87 Å². The molecule has 0 fully saturated rings. The summed E-state index contributed by atoms with van der Waals surface area (Å²) in [5, 5.41) is 0. The number of benzene rings is 1. The van der Waals surface area contributed by atoms with Crippen LogP contribution in [0.4, 0.5) is 0 Å². The first kappa shape index (κ1) is 13.1. The Morgan fingerprint density at radius 3 is 2.80 bits per heavy atom. The molecule has 0 saturated heterocycles. The third kappa shape index (κ3) is 1.90. The monoisotopic (exact) mass is 287 g/mol. The number of carbonyl (C=O) groups is 1. The van der Waals surface area contributed by atoms with Gasteiger partial charge in [-0.1, -0.05) is 30.3 Å². The molecule has 20 heavy (non-hydrogen) atoms. The molecule has 0 amide bonds. The molecule has 1 aromatic heterocycles. The van der Waals surface area contributed by atoms with Gasteiger partial charge in [0.05, 0.1) is 18.7 Å². The Kier molecular flexibility index (Phi) is 3.22. The predicted octanol–water partition coefficient (Wildman–Crippen LogP) is 3.50. The molecule has 0 aliphatic heterocycles. The number of hydrogen-bond acceptors (Lipinski definition) is 3. The lowest BCUT2D eigenvalue weighted by molar-refractivity contribution is -0.143. The van der Waals surface area contributed by atoms with Crippen molar-refractivity contribution in [1.82, 2.24) is 4.98 Å². The van der Waals surface area contributed by atoms with Crippen LogP contribution in [0.5, 0.6) is 0 Å². The molecule has 3 rings (SSSR count). The maximum atomic E-state index is 11.9. The fourth-order valence-corrected chi connectivity index (χ4v) is 3.15. The van der Waals surface area contributed by atoms with Crippen LogP contribution in [0.3, 0.4) is 0 Å². The van der Waals surface area contributed by atoms with Crippen LogP contribution in [0, 0.1) is 0 Å². The fourth-order valence-electron chi connectivity index (χ4n) is 2.72. The zero-order valence-corrected chi connectivity index (χ0v) is 11.9. The Morgan fingerprint density at radius 1 is 1.25 bits per heavy atom. The van der Waals surface area contributed by atoms with E-state index in [0.29, 0.717) is 6.61 Å². The number of hydrogen-bond donors (Lipinski definition) is 0. The molecule has 0 spiro atoms. The highest BCUT2D eigenvalue weighted by atomic mass is 35.5. The van der Waals surface area contributed by atoms with E-state index >= 15 is 0 Å². The van der Waals surface area contributed by atoms with Crippen molar-refractivity contribution in [3.63, 3.8) is 0 Å². The van der Waals surface area contributed by atoms with Gasteiger partial charge in [0.2, 0.25) is 0 Å². The molecule has 3 nitrogen and oxygen atoms in total. The Hall–Kier alpha value is -1.87. The molecule has 1 unspecified atom stereocenters. The van der Waals surface area contributed by atoms with Crippen molar-refractivity contribution in [3.05, 3.63) is 53.7 Å². The third-order valence-corrected chi connectivity index (χ3v) is 4.08. The van der Waals surface area contributed by atoms with Crippen molar-refractivity contribution in [2.24, 2.45) is 0 Å². The van der Waals surface area contributed by atoms with Gasteiger partial charge in [0.25, 0.3) is 0 Å². The van der Waals surface area contributed by atoms with Crippen LogP contribution >= 0.6 is 11.6 Å². The number of alkyl halides is 1. The zero-order chi connectivity index (χ0) is 14.2. The van der Waals surface area contributed by atoms with Crippen molar-refractivity contribution >= 4 is 17.6 Å². The lowest BCUT2D eigenvalue weighted by Gasteiger charge is -2.23. The van der Waals surface area contributed by atoms with E-state index in [0.717, 1.165) is 22.4 Å². The molecule has 102 valence electrons. The molecule has 0 N–H and O–H groups in total. The summed E-state index contributed by atoms with van der Waals surface area (Å²) >= 11 is 6.82. The van der Waals surface area contributed by atoms with Gasteiger partial charge in [0.15, 0.2) is 0 Å². The number of pyridine rings is 1. The largest absolute Gasteiger partial charge is 0.466 e. The van der Waals surface area contributed by atoms with Crippen LogP contribution in [-0.2, 0) is 14.4 Å². The molecule has 2 aromatic rings. The lowest BCUT2D eigenvalue weighted by Crippen LogP contribution is -2.23. The van der Waals surface area contributed by atoms with E-state index in [9.17, 15) is 4.79 Å². The minimum absolute atomic E-state index is 0.109. The average Bonchev–Trinajstić information content (AvgIpc) is 2.70. The molecule has 0 radical (unpaired) electrons. The fraction of sp³-hybridized carbons (Fsp3) is 0.250. The van der Waals surface area contributed by atoms with Crippen LogP contribution < -0.4 is 0 Å². The van der Waals surface area contributed by atoms with Crippen LogP contribution in [-0.4, -0.2) is 17.6 Å². The van der Waals surface area contributed by atoms with E-state index in [1.165, 1.54) is 0 Å². The van der Waals surface area contributed by atoms with Crippen molar-refractivity contribution in [3.8, 4) is 11.3 Å². The molecule has 1 aliphatic carbocycles. The van der Waals surface area contributed by atoms with Gasteiger partial charge in [-0.25, -0.2) is 0 Å². The molecule has 1 aliphatic rings. The number of carbonyl (C=O) groups excluding carboxylic acids is 1. The first-order chi connectivity index (χ1) is 9.66. The maximum absolute atomic E-state index is 11.9. The highest BCUT2D eigenvalue weighted by Gasteiger charge is 2.44. The smallest absolute Gasteiger partial charge is 0.308 e. The molecule has 1 atom stereocenters. The minimum atomic E-state index is -0.882. The summed E-state index contributed by atoms with van der Waals surface area (Å²) in [5.41, 5.74) is 3.63. The second-order valence-corrected chi connectivity index (χ2v) is 5.37. The van der Waals surface area contributed by atoms with Crippen molar-refractivity contribution in [2.45, 2.75) is 18.2 Å². The van der Waals surface area contributed by atoms with E-state index in [1.807, 2.05) is 36.4 Å². The Labute approximate surface area is 122 Å².